The molecular formula is C16H19N3O3. The number of methoxy groups -OCH3 is 1. The van der Waals surface area contributed by atoms with Crippen LogP contribution in [0.4, 0.5) is 0 Å². The molecule has 0 radical (unpaired) electrons. The van der Waals surface area contributed by atoms with E-state index in [0.717, 1.165) is 36.5 Å². The Hall–Kier alpha value is -2.34. The van der Waals surface area contributed by atoms with Gasteiger partial charge in [0.25, 0.3) is 0 Å². The number of carboxylic acids is 1. The first-order valence-electron chi connectivity index (χ1n) is 7.35. The Morgan fingerprint density at radius 3 is 2.77 bits per heavy atom. The van der Waals surface area contributed by atoms with E-state index in [-0.39, 0.29) is 5.69 Å². The molecule has 1 aromatic carbocycles. The smallest absolute Gasteiger partial charge is 0.353 e. The van der Waals surface area contributed by atoms with Crippen molar-refractivity contribution >= 4 is 5.97 Å². The number of benzene rings is 1. The van der Waals surface area contributed by atoms with Crippen molar-refractivity contribution in [1.29, 1.82) is 0 Å². The van der Waals surface area contributed by atoms with Gasteiger partial charge in [0, 0.05) is 17.7 Å². The molecule has 2 N–H and O–H groups in total. The standard InChI is InChI=1S/C16H19N3O3/c1-22-15-5-4-11(13-9-14(16(20)21)18-17-13)8-12(15)10-19-6-2-3-7-19/h4-5,8-9H,2-3,6-7,10H2,1H3,(H,17,18)(H,20,21). The van der Waals surface area contributed by atoms with Crippen LogP contribution in [0, 0.1) is 0 Å². The lowest BCUT2D eigenvalue weighted by atomic mass is 10.1. The van der Waals surface area contributed by atoms with Gasteiger partial charge in [-0.2, -0.15) is 5.10 Å². The van der Waals surface area contributed by atoms with Gasteiger partial charge >= 0.3 is 5.97 Å². The first kappa shape index (κ1) is 14.6. The summed E-state index contributed by atoms with van der Waals surface area (Å²) in [5, 5.41) is 15.6. The minimum absolute atomic E-state index is 0.0897. The van der Waals surface area contributed by atoms with Crippen LogP contribution in [0.1, 0.15) is 28.9 Å². The van der Waals surface area contributed by atoms with E-state index in [1.165, 1.54) is 12.8 Å². The van der Waals surface area contributed by atoms with Crippen LogP contribution in [0.5, 0.6) is 5.75 Å². The zero-order valence-electron chi connectivity index (χ0n) is 12.5. The van der Waals surface area contributed by atoms with Crippen molar-refractivity contribution in [3.8, 4) is 17.0 Å². The molecule has 1 saturated heterocycles. The summed E-state index contributed by atoms with van der Waals surface area (Å²) >= 11 is 0. The Bertz CT molecular complexity index is 675. The number of ether oxygens (including phenoxy) is 1. The molecule has 6 heteroatoms. The van der Waals surface area contributed by atoms with Crippen molar-refractivity contribution in [3.05, 3.63) is 35.5 Å². The van der Waals surface area contributed by atoms with Gasteiger partial charge in [-0.05, 0) is 50.2 Å². The van der Waals surface area contributed by atoms with Gasteiger partial charge in [-0.3, -0.25) is 10.00 Å². The number of H-pyrrole nitrogens is 1. The Balaban J connectivity index is 1.89. The molecule has 1 aliphatic heterocycles. The van der Waals surface area contributed by atoms with Crippen molar-refractivity contribution in [2.45, 2.75) is 19.4 Å². The largest absolute Gasteiger partial charge is 0.496 e. The number of nitrogens with zero attached hydrogens (tertiary/aromatic N) is 2. The Morgan fingerprint density at radius 1 is 1.36 bits per heavy atom. The van der Waals surface area contributed by atoms with Crippen molar-refractivity contribution in [2.75, 3.05) is 20.2 Å². The summed E-state index contributed by atoms with van der Waals surface area (Å²) in [5.41, 5.74) is 2.70. The molecule has 22 heavy (non-hydrogen) atoms. The average Bonchev–Trinajstić information content (AvgIpc) is 3.18. The molecule has 0 aliphatic carbocycles. The lowest BCUT2D eigenvalue weighted by molar-refractivity contribution is 0.0690. The van der Waals surface area contributed by atoms with Crippen molar-refractivity contribution in [3.63, 3.8) is 0 Å². The van der Waals surface area contributed by atoms with Crippen LogP contribution >= 0.6 is 0 Å². The fraction of sp³-hybridized carbons (Fsp3) is 0.375. The highest BCUT2D eigenvalue weighted by Crippen LogP contribution is 2.28. The summed E-state index contributed by atoms with van der Waals surface area (Å²) in [5.74, 6) is -0.158. The summed E-state index contributed by atoms with van der Waals surface area (Å²) in [6.45, 7) is 3.06. The summed E-state index contributed by atoms with van der Waals surface area (Å²) < 4.78 is 5.44. The molecule has 2 aromatic rings. The number of hydrogen-bond acceptors (Lipinski definition) is 4. The number of likely N-dealkylation sites (tertiary alicyclic amines) is 1. The molecule has 1 aliphatic rings. The number of aromatic amines is 1. The first-order valence-corrected chi connectivity index (χ1v) is 7.35. The first-order chi connectivity index (χ1) is 10.7. The fourth-order valence-electron chi connectivity index (χ4n) is 2.82. The highest BCUT2D eigenvalue weighted by molar-refractivity contribution is 5.86. The predicted octanol–water partition coefficient (Wildman–Crippen LogP) is 2.38. The summed E-state index contributed by atoms with van der Waals surface area (Å²) in [7, 11) is 1.67. The predicted molar refractivity (Wildman–Crippen MR) is 82.0 cm³/mol. The maximum Gasteiger partial charge on any atom is 0.353 e. The Labute approximate surface area is 128 Å². The van der Waals surface area contributed by atoms with Gasteiger partial charge < -0.3 is 9.84 Å². The summed E-state index contributed by atoms with van der Waals surface area (Å²) in [6, 6.07) is 7.38. The van der Waals surface area contributed by atoms with E-state index in [2.05, 4.69) is 15.1 Å². The summed E-state index contributed by atoms with van der Waals surface area (Å²) in [6.07, 6.45) is 2.48. The molecule has 1 aromatic heterocycles. The third-order valence-corrected chi connectivity index (χ3v) is 3.98. The van der Waals surface area contributed by atoms with Crippen LogP contribution in [0.3, 0.4) is 0 Å². The second-order valence-corrected chi connectivity index (χ2v) is 5.48. The normalized spacial score (nSPS) is 15.1. The maximum atomic E-state index is 10.9. The molecule has 3 rings (SSSR count). The highest BCUT2D eigenvalue weighted by Gasteiger charge is 2.16. The van der Waals surface area contributed by atoms with E-state index in [0.29, 0.717) is 5.69 Å². The Morgan fingerprint density at radius 2 is 2.14 bits per heavy atom. The van der Waals surface area contributed by atoms with Gasteiger partial charge in [-0.25, -0.2) is 4.79 Å². The van der Waals surface area contributed by atoms with Crippen LogP contribution in [-0.2, 0) is 6.54 Å². The number of rotatable bonds is 5. The Kier molecular flexibility index (Phi) is 4.11. The van der Waals surface area contributed by atoms with Crippen LogP contribution in [-0.4, -0.2) is 46.4 Å². The molecule has 6 nitrogen and oxygen atoms in total. The van der Waals surface area contributed by atoms with E-state index in [9.17, 15) is 4.79 Å². The number of nitrogens with one attached hydrogen (secondary N) is 1. The SMILES string of the molecule is COc1ccc(-c2cc(C(=O)O)[nH]n2)cc1CN1CCCC1. The van der Waals surface area contributed by atoms with Crippen molar-refractivity contribution in [1.82, 2.24) is 15.1 Å². The molecule has 0 saturated carbocycles. The van der Waals surface area contributed by atoms with Crippen LogP contribution in [0.25, 0.3) is 11.3 Å². The topological polar surface area (TPSA) is 78.5 Å². The third kappa shape index (κ3) is 2.96. The third-order valence-electron chi connectivity index (χ3n) is 3.98. The maximum absolute atomic E-state index is 10.9. The molecule has 0 amide bonds. The van der Waals surface area contributed by atoms with Crippen LogP contribution in [0.15, 0.2) is 24.3 Å². The second kappa shape index (κ2) is 6.19. The van der Waals surface area contributed by atoms with E-state index >= 15 is 0 Å². The molecule has 0 spiro atoms. The van der Waals surface area contributed by atoms with Crippen LogP contribution < -0.4 is 4.74 Å². The average molecular weight is 301 g/mol. The lowest BCUT2D eigenvalue weighted by Gasteiger charge is -2.17. The van der Waals surface area contributed by atoms with Gasteiger partial charge in [-0.15, -0.1) is 0 Å². The number of carbonyl (C=O) groups is 1. The van der Waals surface area contributed by atoms with Crippen molar-refractivity contribution in [2.24, 2.45) is 0 Å². The molecule has 0 bridgehead atoms. The van der Waals surface area contributed by atoms with E-state index < -0.39 is 5.97 Å². The number of aromatic nitrogens is 2. The number of hydrogen-bond donors (Lipinski definition) is 2. The molecule has 1 fully saturated rings. The minimum atomic E-state index is -1.01. The van der Waals surface area contributed by atoms with Gasteiger partial charge in [0.05, 0.1) is 12.8 Å². The number of aromatic carboxylic acids is 1. The fourth-order valence-corrected chi connectivity index (χ4v) is 2.82. The monoisotopic (exact) mass is 301 g/mol. The minimum Gasteiger partial charge on any atom is -0.496 e. The quantitative estimate of drug-likeness (QED) is 0.886. The number of carboxylic acid groups (broad SMARTS) is 1. The van der Waals surface area contributed by atoms with Crippen molar-refractivity contribution < 1.29 is 14.6 Å². The van der Waals surface area contributed by atoms with Gasteiger partial charge in [-0.1, -0.05) is 0 Å². The van der Waals surface area contributed by atoms with Gasteiger partial charge in [0.1, 0.15) is 11.4 Å². The van der Waals surface area contributed by atoms with Gasteiger partial charge in [0.2, 0.25) is 0 Å². The highest BCUT2D eigenvalue weighted by atomic mass is 16.5. The zero-order valence-corrected chi connectivity index (χ0v) is 12.5. The molecular weight excluding hydrogens is 282 g/mol. The molecule has 0 unspecified atom stereocenters. The van der Waals surface area contributed by atoms with E-state index in [4.69, 9.17) is 9.84 Å². The summed E-state index contributed by atoms with van der Waals surface area (Å²) in [4.78, 5) is 13.3. The van der Waals surface area contributed by atoms with Crippen LogP contribution in [0.2, 0.25) is 0 Å². The van der Waals surface area contributed by atoms with E-state index in [1.807, 2.05) is 18.2 Å². The second-order valence-electron chi connectivity index (χ2n) is 5.48. The molecule has 0 atom stereocenters. The lowest BCUT2D eigenvalue weighted by Crippen LogP contribution is -2.18. The molecule has 116 valence electrons. The van der Waals surface area contributed by atoms with Gasteiger partial charge in [0.15, 0.2) is 0 Å². The zero-order chi connectivity index (χ0) is 15.5. The molecule has 2 heterocycles. The van der Waals surface area contributed by atoms with E-state index in [1.54, 1.807) is 13.2 Å².